The molecule has 2 aromatic carbocycles. The lowest BCUT2D eigenvalue weighted by atomic mass is 10.1. The predicted molar refractivity (Wildman–Crippen MR) is 120 cm³/mol. The Morgan fingerprint density at radius 1 is 0.906 bits per heavy atom. The molecule has 0 radical (unpaired) electrons. The molecule has 5 rings (SSSR count). The maximum absolute atomic E-state index is 12.7. The van der Waals surface area contributed by atoms with Crippen LogP contribution in [0.3, 0.4) is 0 Å². The smallest absolute Gasteiger partial charge is 0.258 e. The average molecular weight is 421 g/mol. The van der Waals surface area contributed by atoms with Crippen LogP contribution in [0.4, 0.5) is 0 Å². The van der Waals surface area contributed by atoms with Crippen molar-refractivity contribution < 1.29 is 9.32 Å². The van der Waals surface area contributed by atoms with Crippen molar-refractivity contribution in [3.63, 3.8) is 0 Å². The van der Waals surface area contributed by atoms with Crippen molar-refractivity contribution in [2.24, 2.45) is 0 Å². The fraction of sp³-hybridized carbons (Fsp3) is 0.0400. The van der Waals surface area contributed by atoms with E-state index in [9.17, 15) is 4.79 Å². The summed E-state index contributed by atoms with van der Waals surface area (Å²) in [6.07, 6.45) is 7.26. The maximum Gasteiger partial charge on any atom is 0.258 e. The number of nitrogens with zero attached hydrogens (tertiary/aromatic N) is 4. The third kappa shape index (κ3) is 4.17. The molecule has 5 aromatic rings. The van der Waals surface area contributed by atoms with Gasteiger partial charge in [-0.2, -0.15) is 4.98 Å². The molecule has 0 aliphatic heterocycles. The van der Waals surface area contributed by atoms with Gasteiger partial charge in [0.15, 0.2) is 0 Å². The Morgan fingerprint density at radius 3 is 2.56 bits per heavy atom. The summed E-state index contributed by atoms with van der Waals surface area (Å²) >= 11 is 0. The lowest BCUT2D eigenvalue weighted by Gasteiger charge is -2.08. The highest BCUT2D eigenvalue weighted by molar-refractivity contribution is 5.94. The van der Waals surface area contributed by atoms with Crippen LogP contribution in [0.5, 0.6) is 0 Å². The van der Waals surface area contributed by atoms with Crippen LogP contribution in [0.25, 0.3) is 28.5 Å². The highest BCUT2D eigenvalue weighted by atomic mass is 16.5. The highest BCUT2D eigenvalue weighted by Gasteiger charge is 2.12. The van der Waals surface area contributed by atoms with Crippen LogP contribution in [-0.2, 0) is 6.54 Å². The summed E-state index contributed by atoms with van der Waals surface area (Å²) in [5.41, 5.74) is 4.10. The van der Waals surface area contributed by atoms with E-state index in [1.54, 1.807) is 18.5 Å². The van der Waals surface area contributed by atoms with Gasteiger partial charge in [0.05, 0.1) is 0 Å². The Kier molecular flexibility index (Phi) is 5.28. The van der Waals surface area contributed by atoms with Crippen LogP contribution < -0.4 is 5.32 Å². The molecule has 1 N–H and O–H groups in total. The number of carbonyl (C=O) groups excluding carboxylic acids is 1. The molecule has 0 fully saturated rings. The molecule has 0 spiro atoms. The van der Waals surface area contributed by atoms with Gasteiger partial charge in [-0.25, -0.2) is 0 Å². The standard InChI is InChI=1S/C25H19N5O2/c31-24(20-6-4-8-22(16-20)30-13-1-2-14-30)27-17-18-5-3-7-21(15-18)25-28-23(29-32-25)19-9-11-26-12-10-19/h1-16H,17H2,(H,27,31). The minimum atomic E-state index is -0.137. The largest absolute Gasteiger partial charge is 0.348 e. The van der Waals surface area contributed by atoms with Gasteiger partial charge in [0.2, 0.25) is 5.82 Å². The second kappa shape index (κ2) is 8.69. The summed E-state index contributed by atoms with van der Waals surface area (Å²) < 4.78 is 7.40. The van der Waals surface area contributed by atoms with Gasteiger partial charge >= 0.3 is 0 Å². The fourth-order valence-electron chi connectivity index (χ4n) is 3.37. The summed E-state index contributed by atoms with van der Waals surface area (Å²) in [5.74, 6) is 0.787. The summed E-state index contributed by atoms with van der Waals surface area (Å²) in [7, 11) is 0. The molecule has 3 aromatic heterocycles. The molecule has 0 aliphatic carbocycles. The van der Waals surface area contributed by atoms with Crippen molar-refractivity contribution in [2.45, 2.75) is 6.54 Å². The Hall–Kier alpha value is -4.52. The first-order valence-corrected chi connectivity index (χ1v) is 10.1. The van der Waals surface area contributed by atoms with Crippen molar-refractivity contribution in [3.8, 4) is 28.5 Å². The van der Waals surface area contributed by atoms with Gasteiger partial charge in [0.25, 0.3) is 11.8 Å². The molecule has 32 heavy (non-hydrogen) atoms. The maximum atomic E-state index is 12.7. The molecule has 1 amide bonds. The molecular formula is C25H19N5O2. The Labute approximate surface area is 184 Å². The first kappa shape index (κ1) is 19.4. The summed E-state index contributed by atoms with van der Waals surface area (Å²) in [5, 5.41) is 7.03. The number of hydrogen-bond acceptors (Lipinski definition) is 5. The van der Waals surface area contributed by atoms with Gasteiger partial charge in [0.1, 0.15) is 0 Å². The highest BCUT2D eigenvalue weighted by Crippen LogP contribution is 2.22. The molecule has 0 saturated carbocycles. The van der Waals surface area contributed by atoms with Gasteiger partial charge in [-0.1, -0.05) is 23.4 Å². The molecule has 3 heterocycles. The van der Waals surface area contributed by atoms with E-state index in [1.807, 2.05) is 83.7 Å². The van der Waals surface area contributed by atoms with Crippen molar-refractivity contribution in [3.05, 3.63) is 109 Å². The first-order chi connectivity index (χ1) is 15.8. The number of aromatic nitrogens is 4. The van der Waals surface area contributed by atoms with Crippen molar-refractivity contribution >= 4 is 5.91 Å². The van der Waals surface area contributed by atoms with Crippen LogP contribution in [0.2, 0.25) is 0 Å². The third-order valence-electron chi connectivity index (χ3n) is 5.00. The zero-order valence-corrected chi connectivity index (χ0v) is 17.1. The minimum absolute atomic E-state index is 0.137. The number of nitrogens with one attached hydrogen (secondary N) is 1. The monoisotopic (exact) mass is 421 g/mol. The normalized spacial score (nSPS) is 10.8. The Bertz CT molecular complexity index is 1340. The zero-order chi connectivity index (χ0) is 21.8. The van der Waals surface area contributed by atoms with Crippen molar-refractivity contribution in [2.75, 3.05) is 0 Å². The van der Waals surface area contributed by atoms with Gasteiger partial charge in [0, 0.05) is 53.7 Å². The van der Waals surface area contributed by atoms with E-state index < -0.39 is 0 Å². The third-order valence-corrected chi connectivity index (χ3v) is 5.00. The zero-order valence-electron chi connectivity index (χ0n) is 17.1. The number of rotatable bonds is 6. The summed E-state index contributed by atoms with van der Waals surface area (Å²) in [6.45, 7) is 0.381. The number of carbonyl (C=O) groups is 1. The van der Waals surface area contributed by atoms with Gasteiger partial charge in [-0.3, -0.25) is 9.78 Å². The molecule has 7 nitrogen and oxygen atoms in total. The molecule has 156 valence electrons. The predicted octanol–water partition coefficient (Wildman–Crippen LogP) is 4.52. The van der Waals surface area contributed by atoms with Crippen molar-refractivity contribution in [1.82, 2.24) is 25.0 Å². The van der Waals surface area contributed by atoms with Crippen LogP contribution in [0.1, 0.15) is 15.9 Å². The average Bonchev–Trinajstić information content (AvgIpc) is 3.56. The first-order valence-electron chi connectivity index (χ1n) is 10.1. The second-order valence-electron chi connectivity index (χ2n) is 7.18. The lowest BCUT2D eigenvalue weighted by molar-refractivity contribution is 0.0951. The van der Waals surface area contributed by atoms with E-state index in [0.717, 1.165) is 22.4 Å². The molecule has 0 unspecified atom stereocenters. The quantitative estimate of drug-likeness (QED) is 0.436. The van der Waals surface area contributed by atoms with E-state index >= 15 is 0 Å². The second-order valence-corrected chi connectivity index (χ2v) is 7.18. The van der Waals surface area contributed by atoms with Gasteiger partial charge in [-0.15, -0.1) is 0 Å². The van der Waals surface area contributed by atoms with Crippen LogP contribution in [0, 0.1) is 0 Å². The fourth-order valence-corrected chi connectivity index (χ4v) is 3.37. The summed E-state index contributed by atoms with van der Waals surface area (Å²) in [6, 6.07) is 22.7. The van der Waals surface area contributed by atoms with E-state index in [-0.39, 0.29) is 5.91 Å². The van der Waals surface area contributed by atoms with E-state index in [0.29, 0.717) is 23.8 Å². The Morgan fingerprint density at radius 2 is 1.72 bits per heavy atom. The molecule has 0 atom stereocenters. The van der Waals surface area contributed by atoms with Crippen molar-refractivity contribution in [1.29, 1.82) is 0 Å². The SMILES string of the molecule is O=C(NCc1cccc(-c2nc(-c3ccncc3)no2)c1)c1cccc(-n2cccc2)c1. The number of hydrogen-bond donors (Lipinski definition) is 1. The van der Waals surface area contributed by atoms with E-state index in [2.05, 4.69) is 20.4 Å². The topological polar surface area (TPSA) is 85.8 Å². The van der Waals surface area contributed by atoms with Crippen LogP contribution in [-0.4, -0.2) is 25.6 Å². The van der Waals surface area contributed by atoms with Crippen LogP contribution in [0.15, 0.2) is 102 Å². The van der Waals surface area contributed by atoms with E-state index in [1.165, 1.54) is 0 Å². The number of benzene rings is 2. The lowest BCUT2D eigenvalue weighted by Crippen LogP contribution is -2.22. The number of pyridine rings is 1. The van der Waals surface area contributed by atoms with Gasteiger partial charge < -0.3 is 14.4 Å². The summed E-state index contributed by atoms with van der Waals surface area (Å²) in [4.78, 5) is 21.2. The number of amides is 1. The Balaban J connectivity index is 1.28. The van der Waals surface area contributed by atoms with Gasteiger partial charge in [-0.05, 0) is 60.2 Å². The molecule has 7 heteroatoms. The molecule has 0 aliphatic rings. The minimum Gasteiger partial charge on any atom is -0.348 e. The van der Waals surface area contributed by atoms with E-state index in [4.69, 9.17) is 4.52 Å². The molecular weight excluding hydrogens is 402 g/mol. The molecule has 0 saturated heterocycles. The van der Waals surface area contributed by atoms with Crippen LogP contribution >= 0.6 is 0 Å². The molecule has 0 bridgehead atoms.